The zero-order chi connectivity index (χ0) is 18.0. The molecule has 0 bridgehead atoms. The van der Waals surface area contributed by atoms with Gasteiger partial charge in [0.15, 0.2) is 6.29 Å². The van der Waals surface area contributed by atoms with Gasteiger partial charge in [0, 0.05) is 40.0 Å². The van der Waals surface area contributed by atoms with Crippen molar-refractivity contribution in [3.8, 4) is 0 Å². The number of nitrogens with one attached hydrogen (secondary N) is 1. The first kappa shape index (κ1) is 16.4. The highest BCUT2D eigenvalue weighted by molar-refractivity contribution is 6.00. The number of rotatable bonds is 5. The molecule has 0 saturated carbocycles. The fourth-order valence-electron chi connectivity index (χ4n) is 2.85. The highest BCUT2D eigenvalue weighted by Crippen LogP contribution is 2.24. The van der Waals surface area contributed by atoms with E-state index in [0.717, 1.165) is 17.2 Å². The predicted molar refractivity (Wildman–Crippen MR) is 93.8 cm³/mol. The van der Waals surface area contributed by atoms with Gasteiger partial charge in [0.05, 0.1) is 4.92 Å². The average Bonchev–Trinajstić information content (AvgIpc) is 2.86. The van der Waals surface area contributed by atoms with Crippen LogP contribution in [-0.4, -0.2) is 21.7 Å². The van der Waals surface area contributed by atoms with E-state index in [2.05, 4.69) is 5.32 Å². The topological polar surface area (TPSA) is 94.2 Å². The molecule has 126 valence electrons. The first-order valence-corrected chi connectivity index (χ1v) is 7.58. The first-order chi connectivity index (χ1) is 12.0. The van der Waals surface area contributed by atoms with Gasteiger partial charge in [-0.3, -0.25) is 19.7 Å². The van der Waals surface area contributed by atoms with E-state index in [1.165, 1.54) is 18.2 Å². The van der Waals surface area contributed by atoms with Crippen LogP contribution < -0.4 is 5.32 Å². The van der Waals surface area contributed by atoms with Gasteiger partial charge in [0.25, 0.3) is 5.69 Å². The van der Waals surface area contributed by atoms with Crippen LogP contribution in [0.1, 0.15) is 16.1 Å². The number of nitro groups is 1. The number of carbonyl (C=O) groups excluding carboxylic acids is 2. The molecule has 0 unspecified atom stereocenters. The van der Waals surface area contributed by atoms with Gasteiger partial charge in [-0.2, -0.15) is 0 Å². The quantitative estimate of drug-likeness (QED) is 0.439. The molecule has 0 aliphatic carbocycles. The van der Waals surface area contributed by atoms with E-state index < -0.39 is 4.92 Å². The van der Waals surface area contributed by atoms with Crippen molar-refractivity contribution in [2.24, 2.45) is 0 Å². The van der Waals surface area contributed by atoms with E-state index in [1.807, 2.05) is 24.3 Å². The molecular weight excluding hydrogens is 322 g/mol. The summed E-state index contributed by atoms with van der Waals surface area (Å²) in [6.07, 6.45) is 0.784. The third-order valence-electron chi connectivity index (χ3n) is 4.04. The minimum Gasteiger partial charge on any atom is -0.335 e. The van der Waals surface area contributed by atoms with E-state index in [1.54, 1.807) is 17.6 Å². The first-order valence-electron chi connectivity index (χ1n) is 7.58. The van der Waals surface area contributed by atoms with Crippen LogP contribution >= 0.6 is 0 Å². The second kappa shape index (κ2) is 6.56. The highest BCUT2D eigenvalue weighted by Gasteiger charge is 2.16. The van der Waals surface area contributed by atoms with E-state index in [-0.39, 0.29) is 18.1 Å². The van der Waals surface area contributed by atoms with Crippen LogP contribution in [0.5, 0.6) is 0 Å². The van der Waals surface area contributed by atoms with Crippen LogP contribution in [0.15, 0.2) is 48.5 Å². The van der Waals surface area contributed by atoms with Crippen molar-refractivity contribution in [3.63, 3.8) is 0 Å². The SMILES string of the molecule is Cc1c(C=O)c2ccccc2n1CC(=O)Nc1cccc([N+](=O)[O-])c1. The second-order valence-corrected chi connectivity index (χ2v) is 5.58. The summed E-state index contributed by atoms with van der Waals surface area (Å²) in [5.74, 6) is -0.332. The van der Waals surface area contributed by atoms with E-state index in [0.29, 0.717) is 16.9 Å². The molecule has 0 atom stereocenters. The Balaban J connectivity index is 1.88. The number of carbonyl (C=O) groups is 2. The van der Waals surface area contributed by atoms with Gasteiger partial charge in [-0.1, -0.05) is 24.3 Å². The van der Waals surface area contributed by atoms with Crippen LogP contribution in [0.4, 0.5) is 11.4 Å². The maximum atomic E-state index is 12.4. The molecule has 0 saturated heterocycles. The van der Waals surface area contributed by atoms with E-state index in [9.17, 15) is 19.7 Å². The van der Waals surface area contributed by atoms with Crippen molar-refractivity contribution in [1.82, 2.24) is 4.57 Å². The van der Waals surface area contributed by atoms with E-state index in [4.69, 9.17) is 0 Å². The molecule has 2 aromatic carbocycles. The summed E-state index contributed by atoms with van der Waals surface area (Å²) in [5, 5.41) is 14.3. The summed E-state index contributed by atoms with van der Waals surface area (Å²) in [6, 6.07) is 13.1. The Labute approximate surface area is 143 Å². The third-order valence-corrected chi connectivity index (χ3v) is 4.04. The molecule has 0 fully saturated rings. The van der Waals surface area contributed by atoms with Crippen molar-refractivity contribution in [2.75, 3.05) is 5.32 Å². The van der Waals surface area contributed by atoms with Gasteiger partial charge in [0.2, 0.25) is 5.91 Å². The summed E-state index contributed by atoms with van der Waals surface area (Å²) in [6.45, 7) is 1.78. The zero-order valence-electron chi connectivity index (χ0n) is 13.4. The number of nitrogens with zero attached hydrogens (tertiary/aromatic N) is 2. The van der Waals surface area contributed by atoms with Crippen LogP contribution in [0.3, 0.4) is 0 Å². The van der Waals surface area contributed by atoms with Crippen molar-refractivity contribution < 1.29 is 14.5 Å². The van der Waals surface area contributed by atoms with Crippen LogP contribution in [0.25, 0.3) is 10.9 Å². The molecule has 7 heteroatoms. The normalized spacial score (nSPS) is 10.6. The molecule has 0 aliphatic heterocycles. The Kier molecular flexibility index (Phi) is 4.30. The largest absolute Gasteiger partial charge is 0.335 e. The number of fused-ring (bicyclic) bond motifs is 1. The number of anilines is 1. The van der Waals surface area contributed by atoms with Gasteiger partial charge in [-0.15, -0.1) is 0 Å². The Morgan fingerprint density at radius 3 is 2.72 bits per heavy atom. The highest BCUT2D eigenvalue weighted by atomic mass is 16.6. The number of para-hydroxylation sites is 1. The third kappa shape index (κ3) is 3.12. The molecule has 1 amide bonds. The van der Waals surface area contributed by atoms with Crippen LogP contribution in [0.2, 0.25) is 0 Å². The van der Waals surface area contributed by atoms with Gasteiger partial charge in [0.1, 0.15) is 6.54 Å². The number of aromatic nitrogens is 1. The average molecular weight is 337 g/mol. The number of benzene rings is 2. The zero-order valence-corrected chi connectivity index (χ0v) is 13.4. The molecule has 1 heterocycles. The van der Waals surface area contributed by atoms with Crippen molar-refractivity contribution >= 4 is 34.5 Å². The van der Waals surface area contributed by atoms with Crippen LogP contribution in [0, 0.1) is 17.0 Å². The van der Waals surface area contributed by atoms with Crippen LogP contribution in [-0.2, 0) is 11.3 Å². The molecule has 25 heavy (non-hydrogen) atoms. The number of non-ortho nitro benzene ring substituents is 1. The lowest BCUT2D eigenvalue weighted by Gasteiger charge is -2.09. The summed E-state index contributed by atoms with van der Waals surface area (Å²) in [7, 11) is 0. The summed E-state index contributed by atoms with van der Waals surface area (Å²) in [4.78, 5) is 34.0. The smallest absolute Gasteiger partial charge is 0.271 e. The predicted octanol–water partition coefficient (Wildman–Crippen LogP) is 3.31. The molecule has 0 spiro atoms. The monoisotopic (exact) mass is 337 g/mol. The van der Waals surface area contributed by atoms with Gasteiger partial charge >= 0.3 is 0 Å². The lowest BCUT2D eigenvalue weighted by atomic mass is 10.1. The Hall–Kier alpha value is -3.48. The van der Waals surface area contributed by atoms with Crippen molar-refractivity contribution in [2.45, 2.75) is 13.5 Å². The van der Waals surface area contributed by atoms with E-state index >= 15 is 0 Å². The Morgan fingerprint density at radius 2 is 2.00 bits per heavy atom. The molecular formula is C18H15N3O4. The summed E-state index contributed by atoms with van der Waals surface area (Å²) < 4.78 is 1.76. The molecule has 0 aliphatic rings. The molecule has 3 rings (SSSR count). The maximum absolute atomic E-state index is 12.4. The lowest BCUT2D eigenvalue weighted by Crippen LogP contribution is -2.19. The molecule has 1 N–H and O–H groups in total. The number of nitro benzene ring substituents is 1. The standard InChI is InChI=1S/C18H15N3O4/c1-12-16(11-22)15-7-2-3-8-17(15)20(12)10-18(23)19-13-5-4-6-14(9-13)21(24)25/h2-9,11H,10H2,1H3,(H,19,23). The van der Waals surface area contributed by atoms with Crippen molar-refractivity contribution in [3.05, 3.63) is 69.9 Å². The van der Waals surface area contributed by atoms with Gasteiger partial charge in [-0.05, 0) is 19.1 Å². The molecule has 0 radical (unpaired) electrons. The summed E-state index contributed by atoms with van der Waals surface area (Å²) >= 11 is 0. The van der Waals surface area contributed by atoms with Gasteiger partial charge in [-0.25, -0.2) is 0 Å². The Morgan fingerprint density at radius 1 is 1.24 bits per heavy atom. The fourth-order valence-corrected chi connectivity index (χ4v) is 2.85. The fraction of sp³-hybridized carbons (Fsp3) is 0.111. The number of amides is 1. The summed E-state index contributed by atoms with van der Waals surface area (Å²) in [5.41, 5.74) is 2.30. The minimum atomic E-state index is -0.518. The van der Waals surface area contributed by atoms with Crippen molar-refractivity contribution in [1.29, 1.82) is 0 Å². The molecule has 7 nitrogen and oxygen atoms in total. The molecule has 3 aromatic rings. The number of hydrogen-bond donors (Lipinski definition) is 1. The van der Waals surface area contributed by atoms with Gasteiger partial charge < -0.3 is 9.88 Å². The maximum Gasteiger partial charge on any atom is 0.271 e. The molecule has 1 aromatic heterocycles. The number of aldehydes is 1. The second-order valence-electron chi connectivity index (χ2n) is 5.58. The lowest BCUT2D eigenvalue weighted by molar-refractivity contribution is -0.384. The number of hydrogen-bond acceptors (Lipinski definition) is 4. The Bertz CT molecular complexity index is 991. The minimum absolute atomic E-state index is 0.00286.